The van der Waals surface area contributed by atoms with Gasteiger partial charge in [-0.1, -0.05) is 48.5 Å². The standard InChI is InChI=1S/C20H23NO3/c22-14-16-10-12-21(13-11-16)20(23)15-24-19-9-5-4-8-18(19)17-6-2-1-3-7-17/h1-9,16,22H,10-15H2. The fraction of sp³-hybridized carbons (Fsp3) is 0.350. The summed E-state index contributed by atoms with van der Waals surface area (Å²) in [6.07, 6.45) is 1.73. The van der Waals surface area contributed by atoms with Crippen LogP contribution < -0.4 is 4.74 Å². The van der Waals surface area contributed by atoms with Gasteiger partial charge in [-0.15, -0.1) is 0 Å². The topological polar surface area (TPSA) is 49.8 Å². The summed E-state index contributed by atoms with van der Waals surface area (Å²) < 4.78 is 5.82. The number of likely N-dealkylation sites (tertiary alicyclic amines) is 1. The zero-order chi connectivity index (χ0) is 16.8. The van der Waals surface area contributed by atoms with Crippen LogP contribution in [0.25, 0.3) is 11.1 Å². The molecule has 0 unspecified atom stereocenters. The summed E-state index contributed by atoms with van der Waals surface area (Å²) in [5, 5.41) is 9.18. The Hall–Kier alpha value is -2.33. The van der Waals surface area contributed by atoms with E-state index in [1.54, 1.807) is 0 Å². The molecule has 0 aromatic heterocycles. The van der Waals surface area contributed by atoms with Crippen LogP contribution in [-0.2, 0) is 4.79 Å². The Balaban J connectivity index is 1.62. The molecular weight excluding hydrogens is 302 g/mol. The van der Waals surface area contributed by atoms with E-state index >= 15 is 0 Å². The molecule has 24 heavy (non-hydrogen) atoms. The highest BCUT2D eigenvalue weighted by Crippen LogP contribution is 2.29. The molecule has 1 saturated heterocycles. The van der Waals surface area contributed by atoms with E-state index in [1.165, 1.54) is 0 Å². The van der Waals surface area contributed by atoms with E-state index in [4.69, 9.17) is 4.74 Å². The van der Waals surface area contributed by atoms with Gasteiger partial charge >= 0.3 is 0 Å². The molecule has 1 fully saturated rings. The molecule has 4 heteroatoms. The van der Waals surface area contributed by atoms with E-state index in [0.717, 1.165) is 29.7 Å². The lowest BCUT2D eigenvalue weighted by molar-refractivity contribution is -0.134. The largest absolute Gasteiger partial charge is 0.483 e. The lowest BCUT2D eigenvalue weighted by Crippen LogP contribution is -2.41. The number of hydrogen-bond acceptors (Lipinski definition) is 3. The lowest BCUT2D eigenvalue weighted by atomic mass is 9.98. The van der Waals surface area contributed by atoms with Crippen LogP contribution in [0, 0.1) is 5.92 Å². The normalized spacial score (nSPS) is 15.3. The van der Waals surface area contributed by atoms with Crippen LogP contribution >= 0.6 is 0 Å². The molecule has 126 valence electrons. The molecular formula is C20H23NO3. The number of amides is 1. The number of aliphatic hydroxyl groups is 1. The number of rotatable bonds is 5. The Morgan fingerprint density at radius 1 is 1.04 bits per heavy atom. The second-order valence-corrected chi connectivity index (χ2v) is 6.16. The molecule has 0 atom stereocenters. The van der Waals surface area contributed by atoms with Crippen molar-refractivity contribution in [3.63, 3.8) is 0 Å². The van der Waals surface area contributed by atoms with Gasteiger partial charge in [0.1, 0.15) is 5.75 Å². The Morgan fingerprint density at radius 3 is 2.42 bits per heavy atom. The third-order valence-electron chi connectivity index (χ3n) is 4.55. The fourth-order valence-electron chi connectivity index (χ4n) is 3.04. The summed E-state index contributed by atoms with van der Waals surface area (Å²) in [6.45, 7) is 1.66. The lowest BCUT2D eigenvalue weighted by Gasteiger charge is -2.31. The molecule has 1 amide bonds. The summed E-state index contributed by atoms with van der Waals surface area (Å²) in [7, 11) is 0. The number of nitrogens with zero attached hydrogens (tertiary/aromatic N) is 1. The van der Waals surface area contributed by atoms with Crippen LogP contribution in [0.5, 0.6) is 5.75 Å². The van der Waals surface area contributed by atoms with Gasteiger partial charge in [-0.3, -0.25) is 4.79 Å². The molecule has 2 aromatic rings. The second-order valence-electron chi connectivity index (χ2n) is 6.16. The molecule has 0 spiro atoms. The van der Waals surface area contributed by atoms with Gasteiger partial charge in [-0.05, 0) is 30.4 Å². The summed E-state index contributed by atoms with van der Waals surface area (Å²) >= 11 is 0. The minimum atomic E-state index is 0.00857. The SMILES string of the molecule is O=C(COc1ccccc1-c1ccccc1)N1CCC(CO)CC1. The number of carbonyl (C=O) groups is 1. The highest BCUT2D eigenvalue weighted by Gasteiger charge is 2.22. The summed E-state index contributed by atoms with van der Waals surface area (Å²) in [5.41, 5.74) is 2.06. The second kappa shape index (κ2) is 7.97. The number of aliphatic hydroxyl groups excluding tert-OH is 1. The third kappa shape index (κ3) is 3.95. The van der Waals surface area contributed by atoms with Gasteiger partial charge in [-0.2, -0.15) is 0 Å². The van der Waals surface area contributed by atoms with Gasteiger partial charge in [-0.25, -0.2) is 0 Å². The van der Waals surface area contributed by atoms with E-state index in [-0.39, 0.29) is 19.1 Å². The maximum Gasteiger partial charge on any atom is 0.260 e. The van der Waals surface area contributed by atoms with Gasteiger partial charge in [0.15, 0.2) is 6.61 Å². The number of para-hydroxylation sites is 1. The Labute approximate surface area is 142 Å². The fourth-order valence-corrected chi connectivity index (χ4v) is 3.04. The summed E-state index contributed by atoms with van der Waals surface area (Å²) in [5.74, 6) is 1.06. The molecule has 0 bridgehead atoms. The van der Waals surface area contributed by atoms with Gasteiger partial charge in [0.05, 0.1) is 0 Å². The molecule has 0 saturated carbocycles. The first-order valence-corrected chi connectivity index (χ1v) is 8.44. The third-order valence-corrected chi connectivity index (χ3v) is 4.55. The molecule has 0 radical (unpaired) electrons. The number of carbonyl (C=O) groups excluding carboxylic acids is 1. The van der Waals surface area contributed by atoms with E-state index in [9.17, 15) is 9.90 Å². The quantitative estimate of drug-likeness (QED) is 0.919. The smallest absolute Gasteiger partial charge is 0.260 e. The van der Waals surface area contributed by atoms with Crippen molar-refractivity contribution in [1.82, 2.24) is 4.90 Å². The molecule has 1 N–H and O–H groups in total. The zero-order valence-corrected chi connectivity index (χ0v) is 13.7. The van der Waals surface area contributed by atoms with Gasteiger partial charge in [0, 0.05) is 25.3 Å². The van der Waals surface area contributed by atoms with E-state index in [2.05, 4.69) is 0 Å². The van der Waals surface area contributed by atoms with Crippen molar-refractivity contribution in [3.8, 4) is 16.9 Å². The van der Waals surface area contributed by atoms with Crippen molar-refractivity contribution in [2.24, 2.45) is 5.92 Å². The average Bonchev–Trinajstić information content (AvgIpc) is 2.67. The number of benzene rings is 2. The van der Waals surface area contributed by atoms with Crippen molar-refractivity contribution in [3.05, 3.63) is 54.6 Å². The zero-order valence-electron chi connectivity index (χ0n) is 13.7. The van der Waals surface area contributed by atoms with E-state index in [0.29, 0.717) is 19.0 Å². The van der Waals surface area contributed by atoms with Crippen LogP contribution in [0.2, 0.25) is 0 Å². The minimum Gasteiger partial charge on any atom is -0.483 e. The first-order chi connectivity index (χ1) is 11.8. The summed E-state index contributed by atoms with van der Waals surface area (Å²) in [6, 6.07) is 17.8. The molecule has 1 aliphatic heterocycles. The molecule has 4 nitrogen and oxygen atoms in total. The van der Waals surface area contributed by atoms with Crippen LogP contribution in [0.4, 0.5) is 0 Å². The first-order valence-electron chi connectivity index (χ1n) is 8.44. The Bertz CT molecular complexity index is 664. The van der Waals surface area contributed by atoms with E-state index < -0.39 is 0 Å². The average molecular weight is 325 g/mol. The Kier molecular flexibility index (Phi) is 5.49. The summed E-state index contributed by atoms with van der Waals surface area (Å²) in [4.78, 5) is 14.2. The number of piperidine rings is 1. The van der Waals surface area contributed by atoms with Crippen molar-refractivity contribution >= 4 is 5.91 Å². The van der Waals surface area contributed by atoms with Crippen LogP contribution in [-0.4, -0.2) is 42.2 Å². The molecule has 3 rings (SSSR count). The van der Waals surface area contributed by atoms with Crippen LogP contribution in [0.1, 0.15) is 12.8 Å². The van der Waals surface area contributed by atoms with Gasteiger partial charge < -0.3 is 14.7 Å². The molecule has 1 aliphatic rings. The van der Waals surface area contributed by atoms with Crippen molar-refractivity contribution < 1.29 is 14.6 Å². The minimum absolute atomic E-state index is 0.00857. The molecule has 0 aliphatic carbocycles. The molecule has 1 heterocycles. The first kappa shape index (κ1) is 16.5. The predicted molar refractivity (Wildman–Crippen MR) is 93.8 cm³/mol. The monoisotopic (exact) mass is 325 g/mol. The highest BCUT2D eigenvalue weighted by molar-refractivity contribution is 5.78. The predicted octanol–water partition coefficient (Wildman–Crippen LogP) is 2.96. The van der Waals surface area contributed by atoms with Crippen molar-refractivity contribution in [1.29, 1.82) is 0 Å². The van der Waals surface area contributed by atoms with Crippen LogP contribution in [0.15, 0.2) is 54.6 Å². The maximum atomic E-state index is 12.4. The van der Waals surface area contributed by atoms with Gasteiger partial charge in [0.2, 0.25) is 0 Å². The maximum absolute atomic E-state index is 12.4. The Morgan fingerprint density at radius 2 is 1.71 bits per heavy atom. The highest BCUT2D eigenvalue weighted by atomic mass is 16.5. The van der Waals surface area contributed by atoms with Crippen molar-refractivity contribution in [2.75, 3.05) is 26.3 Å². The van der Waals surface area contributed by atoms with Crippen molar-refractivity contribution in [2.45, 2.75) is 12.8 Å². The molecule has 2 aromatic carbocycles. The number of hydrogen-bond donors (Lipinski definition) is 1. The van der Waals surface area contributed by atoms with Gasteiger partial charge in [0.25, 0.3) is 5.91 Å². The van der Waals surface area contributed by atoms with Crippen LogP contribution in [0.3, 0.4) is 0 Å². The van der Waals surface area contributed by atoms with E-state index in [1.807, 2.05) is 59.5 Å². The number of ether oxygens (including phenoxy) is 1.